The molecule has 0 spiro atoms. The van der Waals surface area contributed by atoms with Crippen molar-refractivity contribution in [3.05, 3.63) is 64.6 Å². The monoisotopic (exact) mass is 416 g/mol. The molecule has 0 bridgehead atoms. The van der Waals surface area contributed by atoms with Crippen molar-refractivity contribution in [2.75, 3.05) is 26.2 Å². The van der Waals surface area contributed by atoms with Gasteiger partial charge in [0.25, 0.3) is 0 Å². The van der Waals surface area contributed by atoms with Crippen LogP contribution < -0.4 is 10.1 Å². The van der Waals surface area contributed by atoms with Gasteiger partial charge in [-0.1, -0.05) is 52.3 Å². The molecule has 0 saturated carbocycles. The van der Waals surface area contributed by atoms with Crippen molar-refractivity contribution < 1.29 is 9.53 Å². The minimum absolute atomic E-state index is 0.0746. The molecule has 2 aromatic carbocycles. The zero-order valence-electron chi connectivity index (χ0n) is 15.2. The molecule has 138 valence electrons. The SMILES string of the molecule is CC(C)(Oc1cccc(Br)c1)C(=O)C(c1ccccc1)N1CCNCC1. The van der Waals surface area contributed by atoms with Crippen LogP contribution in [0.25, 0.3) is 0 Å². The normalized spacial score (nSPS) is 16.9. The van der Waals surface area contributed by atoms with E-state index in [1.807, 2.05) is 68.4 Å². The van der Waals surface area contributed by atoms with Crippen molar-refractivity contribution in [3.8, 4) is 5.75 Å². The minimum atomic E-state index is -0.938. The highest BCUT2D eigenvalue weighted by molar-refractivity contribution is 9.10. The quantitative estimate of drug-likeness (QED) is 0.776. The summed E-state index contributed by atoms with van der Waals surface area (Å²) < 4.78 is 7.05. The lowest BCUT2D eigenvalue weighted by atomic mass is 9.90. The number of rotatable bonds is 6. The summed E-state index contributed by atoms with van der Waals surface area (Å²) in [5.41, 5.74) is 0.0805. The van der Waals surface area contributed by atoms with Crippen LogP contribution in [0.2, 0.25) is 0 Å². The number of piperazine rings is 1. The number of hydrogen-bond donors (Lipinski definition) is 1. The number of benzene rings is 2. The Kier molecular flexibility index (Phi) is 6.12. The largest absolute Gasteiger partial charge is 0.480 e. The predicted molar refractivity (Wildman–Crippen MR) is 107 cm³/mol. The summed E-state index contributed by atoms with van der Waals surface area (Å²) in [7, 11) is 0. The van der Waals surface area contributed by atoms with E-state index in [4.69, 9.17) is 4.74 Å². The topological polar surface area (TPSA) is 41.6 Å². The third kappa shape index (κ3) is 4.53. The molecule has 3 rings (SSSR count). The van der Waals surface area contributed by atoms with Gasteiger partial charge in [0.2, 0.25) is 0 Å². The molecular formula is C21H25BrN2O2. The van der Waals surface area contributed by atoms with Gasteiger partial charge in [-0.2, -0.15) is 0 Å². The van der Waals surface area contributed by atoms with Crippen LogP contribution >= 0.6 is 15.9 Å². The molecule has 5 heteroatoms. The van der Waals surface area contributed by atoms with Gasteiger partial charge in [-0.3, -0.25) is 9.69 Å². The van der Waals surface area contributed by atoms with Gasteiger partial charge >= 0.3 is 0 Å². The second-order valence-electron chi connectivity index (χ2n) is 7.03. The average Bonchev–Trinajstić information content (AvgIpc) is 2.63. The second kappa shape index (κ2) is 8.33. The van der Waals surface area contributed by atoms with E-state index in [1.54, 1.807) is 0 Å². The van der Waals surface area contributed by atoms with E-state index in [9.17, 15) is 4.79 Å². The zero-order valence-corrected chi connectivity index (χ0v) is 16.8. The minimum Gasteiger partial charge on any atom is -0.480 e. The lowest BCUT2D eigenvalue weighted by Gasteiger charge is -2.38. The number of ether oxygens (including phenoxy) is 1. The van der Waals surface area contributed by atoms with Crippen molar-refractivity contribution in [1.82, 2.24) is 10.2 Å². The number of halogens is 1. The second-order valence-corrected chi connectivity index (χ2v) is 7.95. The Labute approximate surface area is 163 Å². The van der Waals surface area contributed by atoms with Crippen LogP contribution in [0.3, 0.4) is 0 Å². The maximum Gasteiger partial charge on any atom is 0.197 e. The fourth-order valence-corrected chi connectivity index (χ4v) is 3.69. The number of nitrogens with zero attached hydrogens (tertiary/aromatic N) is 1. The smallest absolute Gasteiger partial charge is 0.197 e. The summed E-state index contributed by atoms with van der Waals surface area (Å²) in [4.78, 5) is 15.8. The molecule has 1 aliphatic rings. The summed E-state index contributed by atoms with van der Waals surface area (Å²) in [5.74, 6) is 0.760. The van der Waals surface area contributed by atoms with Crippen LogP contribution in [0.4, 0.5) is 0 Å². The van der Waals surface area contributed by atoms with Gasteiger partial charge in [-0.25, -0.2) is 0 Å². The fourth-order valence-electron chi connectivity index (χ4n) is 3.31. The van der Waals surface area contributed by atoms with E-state index in [-0.39, 0.29) is 11.8 Å². The number of Topliss-reactive ketones (excluding diaryl/α,β-unsaturated/α-hetero) is 1. The fraction of sp³-hybridized carbons (Fsp3) is 0.381. The maximum absolute atomic E-state index is 13.6. The van der Waals surface area contributed by atoms with Gasteiger partial charge < -0.3 is 10.1 Å². The van der Waals surface area contributed by atoms with Gasteiger partial charge in [-0.15, -0.1) is 0 Å². The van der Waals surface area contributed by atoms with Gasteiger partial charge in [0.05, 0.1) is 6.04 Å². The lowest BCUT2D eigenvalue weighted by molar-refractivity contribution is -0.138. The summed E-state index contributed by atoms with van der Waals surface area (Å²) in [5, 5.41) is 3.36. The van der Waals surface area contributed by atoms with Crippen LogP contribution in [0.15, 0.2) is 59.1 Å². The highest BCUT2D eigenvalue weighted by Gasteiger charge is 2.39. The van der Waals surface area contributed by atoms with Crippen molar-refractivity contribution in [1.29, 1.82) is 0 Å². The average molecular weight is 417 g/mol. The maximum atomic E-state index is 13.6. The van der Waals surface area contributed by atoms with Gasteiger partial charge in [0, 0.05) is 30.7 Å². The molecule has 4 nitrogen and oxygen atoms in total. The molecule has 1 fully saturated rings. The summed E-state index contributed by atoms with van der Waals surface area (Å²) >= 11 is 3.45. The Morgan fingerprint density at radius 1 is 1.12 bits per heavy atom. The third-order valence-corrected chi connectivity index (χ3v) is 5.14. The van der Waals surface area contributed by atoms with E-state index >= 15 is 0 Å². The molecule has 0 radical (unpaired) electrons. The first kappa shape index (κ1) is 19.1. The van der Waals surface area contributed by atoms with E-state index in [2.05, 4.69) is 26.1 Å². The van der Waals surface area contributed by atoms with Crippen LogP contribution in [0, 0.1) is 0 Å². The Morgan fingerprint density at radius 2 is 1.81 bits per heavy atom. The number of hydrogen-bond acceptors (Lipinski definition) is 4. The van der Waals surface area contributed by atoms with Crippen LogP contribution in [-0.2, 0) is 4.79 Å². The highest BCUT2D eigenvalue weighted by atomic mass is 79.9. The number of carbonyl (C=O) groups is 1. The van der Waals surface area contributed by atoms with Crippen molar-refractivity contribution in [3.63, 3.8) is 0 Å². The van der Waals surface area contributed by atoms with Crippen molar-refractivity contribution >= 4 is 21.7 Å². The number of nitrogens with one attached hydrogen (secondary N) is 1. The Balaban J connectivity index is 1.88. The van der Waals surface area contributed by atoms with Crippen LogP contribution in [0.5, 0.6) is 5.75 Å². The molecule has 2 aromatic rings. The summed E-state index contributed by atoms with van der Waals surface area (Å²) in [6.45, 7) is 7.19. The molecule has 1 heterocycles. The van der Waals surface area contributed by atoms with Crippen LogP contribution in [0.1, 0.15) is 25.5 Å². The number of carbonyl (C=O) groups excluding carboxylic acids is 1. The Hall–Kier alpha value is -1.69. The van der Waals surface area contributed by atoms with E-state index in [0.717, 1.165) is 36.2 Å². The molecule has 1 aliphatic heterocycles. The predicted octanol–water partition coefficient (Wildman–Crippen LogP) is 3.82. The van der Waals surface area contributed by atoms with E-state index in [1.165, 1.54) is 0 Å². The van der Waals surface area contributed by atoms with Gasteiger partial charge in [0.1, 0.15) is 5.75 Å². The van der Waals surface area contributed by atoms with E-state index < -0.39 is 5.60 Å². The molecule has 1 N–H and O–H groups in total. The lowest BCUT2D eigenvalue weighted by Crippen LogP contribution is -2.52. The molecule has 26 heavy (non-hydrogen) atoms. The van der Waals surface area contributed by atoms with Gasteiger partial charge in [0.15, 0.2) is 11.4 Å². The van der Waals surface area contributed by atoms with Crippen molar-refractivity contribution in [2.45, 2.75) is 25.5 Å². The first-order valence-corrected chi connectivity index (χ1v) is 9.75. The van der Waals surface area contributed by atoms with Crippen LogP contribution in [-0.4, -0.2) is 42.5 Å². The molecule has 0 amide bonds. The molecular weight excluding hydrogens is 392 g/mol. The van der Waals surface area contributed by atoms with Gasteiger partial charge in [-0.05, 0) is 37.6 Å². The van der Waals surface area contributed by atoms with E-state index in [0.29, 0.717) is 5.75 Å². The highest BCUT2D eigenvalue weighted by Crippen LogP contribution is 2.30. The van der Waals surface area contributed by atoms with Crippen molar-refractivity contribution in [2.24, 2.45) is 0 Å². The Bertz CT molecular complexity index is 743. The summed E-state index contributed by atoms with van der Waals surface area (Å²) in [6, 6.07) is 17.3. The zero-order chi connectivity index (χ0) is 18.6. The standard InChI is InChI=1S/C21H25BrN2O2/c1-21(2,26-18-10-6-9-17(22)15-18)20(25)19(16-7-4-3-5-8-16)24-13-11-23-12-14-24/h3-10,15,19,23H,11-14H2,1-2H3. The molecule has 0 aromatic heterocycles. The first-order valence-electron chi connectivity index (χ1n) is 8.96. The molecule has 1 atom stereocenters. The summed E-state index contributed by atoms with van der Waals surface area (Å²) in [6.07, 6.45) is 0. The first-order chi connectivity index (χ1) is 12.5. The molecule has 0 aliphatic carbocycles. The molecule has 1 saturated heterocycles. The number of ketones is 1. The molecule has 1 unspecified atom stereocenters. The Morgan fingerprint density at radius 3 is 2.46 bits per heavy atom. The third-order valence-electron chi connectivity index (χ3n) is 4.64.